The maximum atomic E-state index is 11.8. The van der Waals surface area contributed by atoms with Crippen LogP contribution >= 0.6 is 24.2 Å². The van der Waals surface area contributed by atoms with Crippen molar-refractivity contribution in [3.63, 3.8) is 0 Å². The smallest absolute Gasteiger partial charge is 0.269 e. The lowest BCUT2D eigenvalue weighted by atomic mass is 10.1. The maximum Gasteiger partial charge on any atom is 0.269 e. The minimum atomic E-state index is -0.437. The van der Waals surface area contributed by atoms with Gasteiger partial charge in [0.1, 0.15) is 0 Å². The number of thioether (sulfide) groups is 1. The number of carbonyl (C=O) groups excluding carboxylic acids is 1. The summed E-state index contributed by atoms with van der Waals surface area (Å²) < 4.78 is 0. The number of nitro benzene ring substituents is 1. The van der Waals surface area contributed by atoms with Gasteiger partial charge in [0.2, 0.25) is 5.91 Å². The van der Waals surface area contributed by atoms with E-state index >= 15 is 0 Å². The Labute approximate surface area is 139 Å². The topological polar surface area (TPSA) is 84.3 Å². The number of amides is 1. The molecule has 1 aromatic rings. The molecule has 0 radical (unpaired) electrons. The highest BCUT2D eigenvalue weighted by Gasteiger charge is 2.08. The van der Waals surface area contributed by atoms with Crippen molar-refractivity contribution in [1.29, 1.82) is 0 Å². The van der Waals surface area contributed by atoms with Gasteiger partial charge in [0.25, 0.3) is 5.69 Å². The van der Waals surface area contributed by atoms with Gasteiger partial charge in [0.15, 0.2) is 0 Å². The number of hydrogen-bond acceptors (Lipinski definition) is 5. The van der Waals surface area contributed by atoms with Crippen LogP contribution in [0, 0.1) is 10.1 Å². The van der Waals surface area contributed by atoms with Gasteiger partial charge in [-0.05, 0) is 25.1 Å². The summed E-state index contributed by atoms with van der Waals surface area (Å²) in [5.41, 5.74) is 1.31. The molecule has 1 amide bonds. The normalized spacial score (nSPS) is 13.7. The number of carbonyl (C=O) groups is 1. The van der Waals surface area contributed by atoms with E-state index in [1.54, 1.807) is 12.1 Å². The Morgan fingerprint density at radius 3 is 2.68 bits per heavy atom. The zero-order valence-corrected chi connectivity index (χ0v) is 13.5. The summed E-state index contributed by atoms with van der Waals surface area (Å²) in [6.07, 6.45) is 3.07. The Bertz CT molecular complexity index is 549. The highest BCUT2D eigenvalue weighted by molar-refractivity contribution is 8.00. The minimum Gasteiger partial charge on any atom is -0.352 e. The molecule has 6 nitrogen and oxygen atoms in total. The molecular formula is C14H18ClN3O3S. The van der Waals surface area contributed by atoms with Crippen molar-refractivity contribution in [2.24, 2.45) is 0 Å². The third kappa shape index (κ3) is 6.05. The average Bonchev–Trinajstić information content (AvgIpc) is 2.52. The monoisotopic (exact) mass is 343 g/mol. The molecule has 1 aromatic carbocycles. The Kier molecular flexibility index (Phi) is 7.94. The van der Waals surface area contributed by atoms with Crippen LogP contribution in [-0.4, -0.2) is 36.2 Å². The Balaban J connectivity index is 0.00000242. The Morgan fingerprint density at radius 1 is 1.36 bits per heavy atom. The molecule has 0 unspecified atom stereocenters. The number of halogens is 1. The van der Waals surface area contributed by atoms with Crippen LogP contribution in [0.5, 0.6) is 0 Å². The van der Waals surface area contributed by atoms with Crippen LogP contribution in [0.2, 0.25) is 0 Å². The standard InChI is InChI=1S/C14H17N3O3S.ClH/c18-14(16-9-11-5-7-15-8-6-11)10-21-13-3-1-12(2-4-13)17(19)20;/h1-5,15H,6-10H2,(H,16,18);1H. The summed E-state index contributed by atoms with van der Waals surface area (Å²) in [5, 5.41) is 16.6. The van der Waals surface area contributed by atoms with Gasteiger partial charge < -0.3 is 10.6 Å². The van der Waals surface area contributed by atoms with E-state index in [2.05, 4.69) is 16.7 Å². The lowest BCUT2D eigenvalue weighted by Crippen LogP contribution is -2.30. The van der Waals surface area contributed by atoms with Gasteiger partial charge in [-0.15, -0.1) is 24.2 Å². The first kappa shape index (κ1) is 18.5. The minimum absolute atomic E-state index is 0. The number of benzene rings is 1. The molecule has 0 aromatic heterocycles. The van der Waals surface area contributed by atoms with Gasteiger partial charge in [-0.3, -0.25) is 14.9 Å². The van der Waals surface area contributed by atoms with Gasteiger partial charge in [0.05, 0.1) is 10.7 Å². The molecule has 2 rings (SSSR count). The van der Waals surface area contributed by atoms with Gasteiger partial charge in [-0.1, -0.05) is 11.6 Å². The van der Waals surface area contributed by atoms with E-state index in [-0.39, 0.29) is 24.0 Å². The molecule has 1 aliphatic rings. The lowest BCUT2D eigenvalue weighted by Gasteiger charge is -2.14. The number of nitro groups is 1. The Hall–Kier alpha value is -1.57. The number of rotatable bonds is 6. The fraction of sp³-hybridized carbons (Fsp3) is 0.357. The molecule has 0 saturated heterocycles. The van der Waals surface area contributed by atoms with Crippen LogP contribution in [0.3, 0.4) is 0 Å². The molecule has 1 heterocycles. The number of non-ortho nitro benzene ring substituents is 1. The highest BCUT2D eigenvalue weighted by Crippen LogP contribution is 2.21. The van der Waals surface area contributed by atoms with Crippen LogP contribution in [0.25, 0.3) is 0 Å². The van der Waals surface area contributed by atoms with Crippen LogP contribution in [0.4, 0.5) is 5.69 Å². The number of nitrogens with zero attached hydrogens (tertiary/aromatic N) is 1. The van der Waals surface area contributed by atoms with E-state index in [4.69, 9.17) is 0 Å². The third-order valence-electron chi connectivity index (χ3n) is 3.09. The Morgan fingerprint density at radius 2 is 2.09 bits per heavy atom. The van der Waals surface area contributed by atoms with Crippen molar-refractivity contribution in [3.8, 4) is 0 Å². The summed E-state index contributed by atoms with van der Waals surface area (Å²) in [6.45, 7) is 2.42. The average molecular weight is 344 g/mol. The quantitative estimate of drug-likeness (QED) is 0.358. The second-order valence-corrected chi connectivity index (χ2v) is 5.68. The molecule has 0 bridgehead atoms. The fourth-order valence-corrected chi connectivity index (χ4v) is 2.63. The number of nitrogens with one attached hydrogen (secondary N) is 2. The van der Waals surface area contributed by atoms with E-state index in [1.165, 1.54) is 29.5 Å². The van der Waals surface area contributed by atoms with E-state index in [9.17, 15) is 14.9 Å². The second-order valence-electron chi connectivity index (χ2n) is 4.63. The van der Waals surface area contributed by atoms with E-state index in [1.807, 2.05) is 0 Å². The molecule has 0 fully saturated rings. The van der Waals surface area contributed by atoms with Crippen LogP contribution in [-0.2, 0) is 4.79 Å². The van der Waals surface area contributed by atoms with Gasteiger partial charge >= 0.3 is 0 Å². The zero-order valence-electron chi connectivity index (χ0n) is 11.9. The molecule has 2 N–H and O–H groups in total. The summed E-state index contributed by atoms with van der Waals surface area (Å²) >= 11 is 1.37. The van der Waals surface area contributed by atoms with E-state index in [0.717, 1.165) is 24.4 Å². The molecule has 1 aliphatic heterocycles. The van der Waals surface area contributed by atoms with Crippen LogP contribution < -0.4 is 10.6 Å². The van der Waals surface area contributed by atoms with Gasteiger partial charge in [-0.2, -0.15) is 0 Å². The molecule has 22 heavy (non-hydrogen) atoms. The van der Waals surface area contributed by atoms with Crippen molar-refractivity contribution >= 4 is 35.8 Å². The molecule has 0 atom stereocenters. The molecule has 0 aliphatic carbocycles. The van der Waals surface area contributed by atoms with E-state index < -0.39 is 4.92 Å². The SMILES string of the molecule is Cl.O=C(CSc1ccc([N+](=O)[O-])cc1)NCC1=CCNCC1. The third-order valence-corrected chi connectivity index (χ3v) is 4.10. The first-order chi connectivity index (χ1) is 10.1. The first-order valence-corrected chi connectivity index (χ1v) is 7.66. The van der Waals surface area contributed by atoms with Crippen molar-refractivity contribution in [3.05, 3.63) is 46.0 Å². The van der Waals surface area contributed by atoms with Crippen molar-refractivity contribution in [2.45, 2.75) is 11.3 Å². The van der Waals surface area contributed by atoms with Crippen molar-refractivity contribution in [2.75, 3.05) is 25.4 Å². The van der Waals surface area contributed by atoms with Crippen molar-refractivity contribution < 1.29 is 9.72 Å². The van der Waals surface area contributed by atoms with Gasteiger partial charge in [0, 0.05) is 30.1 Å². The predicted molar refractivity (Wildman–Crippen MR) is 89.6 cm³/mol. The largest absolute Gasteiger partial charge is 0.352 e. The van der Waals surface area contributed by atoms with Crippen molar-refractivity contribution in [1.82, 2.24) is 10.6 Å². The lowest BCUT2D eigenvalue weighted by molar-refractivity contribution is -0.384. The second kappa shape index (κ2) is 9.45. The summed E-state index contributed by atoms with van der Waals surface area (Å²) in [5.74, 6) is 0.279. The zero-order chi connectivity index (χ0) is 15.1. The fourth-order valence-electron chi connectivity index (χ4n) is 1.91. The predicted octanol–water partition coefficient (Wildman–Crippen LogP) is 2.14. The summed E-state index contributed by atoms with van der Waals surface area (Å²) in [6, 6.07) is 6.21. The van der Waals surface area contributed by atoms with Crippen LogP contribution in [0.15, 0.2) is 40.8 Å². The maximum absolute atomic E-state index is 11.8. The van der Waals surface area contributed by atoms with Crippen LogP contribution in [0.1, 0.15) is 6.42 Å². The molecule has 8 heteroatoms. The van der Waals surface area contributed by atoms with Gasteiger partial charge in [-0.25, -0.2) is 0 Å². The van der Waals surface area contributed by atoms with E-state index in [0.29, 0.717) is 12.3 Å². The molecule has 120 valence electrons. The molecular weight excluding hydrogens is 326 g/mol. The molecule has 0 saturated carbocycles. The summed E-state index contributed by atoms with van der Waals surface area (Å²) in [4.78, 5) is 22.7. The number of hydrogen-bond donors (Lipinski definition) is 2. The first-order valence-electron chi connectivity index (χ1n) is 6.68. The molecule has 0 spiro atoms. The highest BCUT2D eigenvalue weighted by atomic mass is 35.5. The summed E-state index contributed by atoms with van der Waals surface area (Å²) in [7, 11) is 0.